The number of amides is 2. The summed E-state index contributed by atoms with van der Waals surface area (Å²) in [4.78, 5) is 21.3. The van der Waals surface area contributed by atoms with Crippen LogP contribution in [0.15, 0.2) is 30.6 Å². The van der Waals surface area contributed by atoms with Crippen LogP contribution >= 0.6 is 0 Å². The Bertz CT molecular complexity index is 812. The number of urea groups is 1. The van der Waals surface area contributed by atoms with Gasteiger partial charge in [-0.15, -0.1) is 0 Å². The van der Waals surface area contributed by atoms with Gasteiger partial charge in [0.15, 0.2) is 11.5 Å². The summed E-state index contributed by atoms with van der Waals surface area (Å²) in [5.74, 6) is 2.77. The Morgan fingerprint density at radius 1 is 1.10 bits per heavy atom. The van der Waals surface area contributed by atoms with Gasteiger partial charge in [0, 0.05) is 69.3 Å². The third-order valence-electron chi connectivity index (χ3n) is 5.22. The maximum absolute atomic E-state index is 12.6. The molecule has 158 valence electrons. The number of hydrogen-bond acceptors (Lipinski definition) is 5. The minimum Gasteiger partial charge on any atom is -0.493 e. The van der Waals surface area contributed by atoms with Gasteiger partial charge in [0.05, 0.1) is 14.2 Å². The van der Waals surface area contributed by atoms with Gasteiger partial charge in [-0.2, -0.15) is 0 Å². The fourth-order valence-electron chi connectivity index (χ4n) is 3.55. The van der Waals surface area contributed by atoms with E-state index in [-0.39, 0.29) is 6.03 Å². The van der Waals surface area contributed by atoms with E-state index in [0.717, 1.165) is 32.0 Å². The molecular weight excluding hydrogens is 370 g/mol. The first kappa shape index (κ1) is 21.0. The van der Waals surface area contributed by atoms with Gasteiger partial charge >= 0.3 is 6.03 Å². The van der Waals surface area contributed by atoms with Gasteiger partial charge in [0.1, 0.15) is 5.82 Å². The summed E-state index contributed by atoms with van der Waals surface area (Å²) in [6.45, 7) is 9.35. The number of anilines is 1. The van der Waals surface area contributed by atoms with Gasteiger partial charge in [0.2, 0.25) is 0 Å². The lowest BCUT2D eigenvalue weighted by molar-refractivity contribution is 0.144. The average Bonchev–Trinajstić information content (AvgIpc) is 3.21. The summed E-state index contributed by atoms with van der Waals surface area (Å²) < 4.78 is 12.8. The molecule has 2 heterocycles. The lowest BCUT2D eigenvalue weighted by atomic mass is 10.2. The molecule has 1 N–H and O–H groups in total. The number of hydrogen-bond donors (Lipinski definition) is 1. The Balaban J connectivity index is 1.47. The van der Waals surface area contributed by atoms with Crippen molar-refractivity contribution in [1.29, 1.82) is 0 Å². The van der Waals surface area contributed by atoms with Gasteiger partial charge < -0.3 is 24.3 Å². The number of ether oxygens (including phenoxy) is 2. The van der Waals surface area contributed by atoms with E-state index in [2.05, 4.69) is 33.6 Å². The number of carbonyl (C=O) groups excluding carboxylic acids is 1. The summed E-state index contributed by atoms with van der Waals surface area (Å²) in [5.41, 5.74) is 0.691. The van der Waals surface area contributed by atoms with E-state index in [4.69, 9.17) is 9.47 Å². The van der Waals surface area contributed by atoms with E-state index in [1.54, 1.807) is 26.4 Å². The Labute approximate surface area is 172 Å². The fourth-order valence-corrected chi connectivity index (χ4v) is 3.55. The quantitative estimate of drug-likeness (QED) is 0.772. The number of rotatable bonds is 7. The Kier molecular flexibility index (Phi) is 6.98. The largest absolute Gasteiger partial charge is 0.493 e. The summed E-state index contributed by atoms with van der Waals surface area (Å²) in [6.07, 6.45) is 3.91. The molecule has 1 fully saturated rings. The SMILES string of the molecule is COc1ccc(NC(=O)N2CCN(CCn3ccnc3C(C)C)CC2)cc1OC. The predicted molar refractivity (Wildman–Crippen MR) is 113 cm³/mol. The molecule has 1 aliphatic rings. The lowest BCUT2D eigenvalue weighted by Crippen LogP contribution is -2.50. The molecule has 29 heavy (non-hydrogen) atoms. The Morgan fingerprint density at radius 3 is 2.48 bits per heavy atom. The normalized spacial score (nSPS) is 14.9. The lowest BCUT2D eigenvalue weighted by Gasteiger charge is -2.34. The number of piperazine rings is 1. The van der Waals surface area contributed by atoms with Gasteiger partial charge in [-0.25, -0.2) is 9.78 Å². The summed E-state index contributed by atoms with van der Waals surface area (Å²) in [7, 11) is 3.17. The van der Waals surface area contributed by atoms with Crippen LogP contribution in [0.3, 0.4) is 0 Å². The third-order valence-corrected chi connectivity index (χ3v) is 5.22. The predicted octanol–water partition coefficient (Wildman–Crippen LogP) is 2.87. The van der Waals surface area contributed by atoms with Crippen molar-refractivity contribution in [3.8, 4) is 11.5 Å². The molecule has 1 aromatic carbocycles. The maximum atomic E-state index is 12.6. The van der Waals surface area contributed by atoms with Crippen LogP contribution in [0.1, 0.15) is 25.6 Å². The highest BCUT2D eigenvalue weighted by Gasteiger charge is 2.21. The highest BCUT2D eigenvalue weighted by molar-refractivity contribution is 5.89. The van der Waals surface area contributed by atoms with E-state index in [9.17, 15) is 4.79 Å². The summed E-state index contributed by atoms with van der Waals surface area (Å²) in [6, 6.07) is 5.28. The van der Waals surface area contributed by atoms with Gasteiger partial charge in [-0.1, -0.05) is 13.8 Å². The van der Waals surface area contributed by atoms with E-state index in [1.165, 1.54) is 0 Å². The fraction of sp³-hybridized carbons (Fsp3) is 0.524. The molecule has 8 nitrogen and oxygen atoms in total. The van der Waals surface area contributed by atoms with Crippen molar-refractivity contribution in [2.45, 2.75) is 26.3 Å². The number of aromatic nitrogens is 2. The highest BCUT2D eigenvalue weighted by atomic mass is 16.5. The minimum atomic E-state index is -0.0893. The molecule has 1 aromatic heterocycles. The van der Waals surface area contributed by atoms with Gasteiger partial charge in [-0.05, 0) is 12.1 Å². The van der Waals surface area contributed by atoms with Crippen molar-refractivity contribution in [2.75, 3.05) is 52.3 Å². The first-order valence-corrected chi connectivity index (χ1v) is 10.0. The second kappa shape index (κ2) is 9.65. The van der Waals surface area contributed by atoms with E-state index in [1.807, 2.05) is 23.4 Å². The molecule has 1 aliphatic heterocycles. The van der Waals surface area contributed by atoms with E-state index >= 15 is 0 Å². The smallest absolute Gasteiger partial charge is 0.321 e. The third kappa shape index (κ3) is 5.20. The monoisotopic (exact) mass is 401 g/mol. The van der Waals surface area contributed by atoms with Crippen molar-refractivity contribution in [1.82, 2.24) is 19.4 Å². The molecule has 3 rings (SSSR count). The first-order chi connectivity index (χ1) is 14.0. The van der Waals surface area contributed by atoms with Crippen LogP contribution in [0.25, 0.3) is 0 Å². The second-order valence-electron chi connectivity index (χ2n) is 7.46. The number of carbonyl (C=O) groups is 1. The number of imidazole rings is 1. The summed E-state index contributed by atoms with van der Waals surface area (Å²) in [5, 5.41) is 2.95. The Morgan fingerprint density at radius 2 is 1.83 bits per heavy atom. The molecule has 0 radical (unpaired) electrons. The topological polar surface area (TPSA) is 71.9 Å². The number of methoxy groups -OCH3 is 2. The zero-order valence-corrected chi connectivity index (χ0v) is 17.7. The zero-order chi connectivity index (χ0) is 20.8. The number of nitrogens with zero attached hydrogens (tertiary/aromatic N) is 4. The molecule has 0 saturated carbocycles. The molecular formula is C21H31N5O3. The van der Waals surface area contributed by atoms with Gasteiger partial charge in [-0.3, -0.25) is 4.90 Å². The summed E-state index contributed by atoms with van der Waals surface area (Å²) >= 11 is 0. The van der Waals surface area contributed by atoms with Gasteiger partial charge in [0.25, 0.3) is 0 Å². The molecule has 2 aromatic rings. The van der Waals surface area contributed by atoms with Crippen LogP contribution in [0.5, 0.6) is 11.5 Å². The van der Waals surface area contributed by atoms with Crippen molar-refractivity contribution in [2.24, 2.45) is 0 Å². The van der Waals surface area contributed by atoms with E-state index in [0.29, 0.717) is 36.2 Å². The van der Waals surface area contributed by atoms with Crippen LogP contribution in [-0.2, 0) is 6.54 Å². The van der Waals surface area contributed by atoms with Crippen LogP contribution in [0.4, 0.5) is 10.5 Å². The number of nitrogens with one attached hydrogen (secondary N) is 1. The molecule has 0 spiro atoms. The van der Waals surface area contributed by atoms with Crippen molar-refractivity contribution in [3.05, 3.63) is 36.4 Å². The standard InChI is InChI=1S/C21H31N5O3/c1-16(2)20-22-7-8-25(20)12-9-24-10-13-26(14-11-24)21(27)23-17-5-6-18(28-3)19(15-17)29-4/h5-8,15-16H,9-14H2,1-4H3,(H,23,27). The van der Waals surface area contributed by atoms with E-state index < -0.39 is 0 Å². The van der Waals surface area contributed by atoms with Crippen LogP contribution in [-0.4, -0.2) is 72.3 Å². The zero-order valence-electron chi connectivity index (χ0n) is 17.7. The number of benzene rings is 1. The van der Waals surface area contributed by atoms with Crippen molar-refractivity contribution >= 4 is 11.7 Å². The van der Waals surface area contributed by atoms with Crippen LogP contribution < -0.4 is 14.8 Å². The molecule has 0 aliphatic carbocycles. The molecule has 1 saturated heterocycles. The van der Waals surface area contributed by atoms with Crippen LogP contribution in [0.2, 0.25) is 0 Å². The van der Waals surface area contributed by atoms with Crippen molar-refractivity contribution in [3.63, 3.8) is 0 Å². The average molecular weight is 402 g/mol. The second-order valence-corrected chi connectivity index (χ2v) is 7.46. The highest BCUT2D eigenvalue weighted by Crippen LogP contribution is 2.29. The molecule has 0 bridgehead atoms. The Hall–Kier alpha value is -2.74. The molecule has 2 amide bonds. The molecule has 0 atom stereocenters. The minimum absolute atomic E-state index is 0.0893. The first-order valence-electron chi connectivity index (χ1n) is 10.0. The molecule has 8 heteroatoms. The van der Waals surface area contributed by atoms with Crippen molar-refractivity contribution < 1.29 is 14.3 Å². The molecule has 0 unspecified atom stereocenters. The maximum Gasteiger partial charge on any atom is 0.321 e. The van der Waals surface area contributed by atoms with Crippen LogP contribution in [0, 0.1) is 0 Å².